The molecule has 1 aliphatic carbocycles. The van der Waals surface area contributed by atoms with E-state index in [1.807, 2.05) is 0 Å². The van der Waals surface area contributed by atoms with Gasteiger partial charge in [-0.25, -0.2) is 4.57 Å². The van der Waals surface area contributed by atoms with E-state index in [0.717, 1.165) is 161 Å². The summed E-state index contributed by atoms with van der Waals surface area (Å²) in [6.45, 7) is 5.55. The first kappa shape index (κ1) is 109. The molecule has 26 heteroatoms. The molecule has 690 valence electrons. The van der Waals surface area contributed by atoms with Gasteiger partial charge in [-0.2, -0.15) is 0 Å². The molecule has 0 aromatic rings. The number of allylic oxidation sites excluding steroid dienone is 6. The maximum absolute atomic E-state index is 14.9. The number of ether oxygens (including phenoxy) is 8. The Balaban J connectivity index is 1.92. The Morgan fingerprint density at radius 1 is 0.331 bits per heavy atom. The number of aliphatic hydroxyl groups is 9. The van der Waals surface area contributed by atoms with Crippen LogP contribution in [0.15, 0.2) is 36.5 Å². The highest BCUT2D eigenvalue weighted by atomic mass is 31.2. The number of aliphatic hydroxyl groups excluding tert-OH is 9. The lowest BCUT2D eigenvalue weighted by molar-refractivity contribution is -0.360. The first-order valence-corrected chi connectivity index (χ1v) is 48.7. The Labute approximate surface area is 710 Å². The van der Waals surface area contributed by atoms with Crippen molar-refractivity contribution in [1.82, 2.24) is 0 Å². The molecule has 3 aliphatic rings. The average molecular weight is 1700 g/mol. The van der Waals surface area contributed by atoms with Gasteiger partial charge < -0.3 is 88.7 Å². The van der Waals surface area contributed by atoms with Gasteiger partial charge in [0.2, 0.25) is 0 Å². The van der Waals surface area contributed by atoms with Crippen molar-refractivity contribution in [3.05, 3.63) is 36.5 Å². The van der Waals surface area contributed by atoms with Crippen LogP contribution in [0.2, 0.25) is 0 Å². The Bertz CT molecular complexity index is 2600. The summed E-state index contributed by atoms with van der Waals surface area (Å²) in [4.78, 5) is 66.4. The lowest BCUT2D eigenvalue weighted by Crippen LogP contribution is -2.70. The summed E-state index contributed by atoms with van der Waals surface area (Å²) < 4.78 is 73.4. The van der Waals surface area contributed by atoms with Crippen LogP contribution in [0, 0.1) is 0 Å². The van der Waals surface area contributed by atoms with Crippen LogP contribution in [0.25, 0.3) is 0 Å². The van der Waals surface area contributed by atoms with E-state index in [-0.39, 0.29) is 25.7 Å². The van der Waals surface area contributed by atoms with Crippen LogP contribution < -0.4 is 0 Å². The van der Waals surface area contributed by atoms with Crippen molar-refractivity contribution in [2.45, 2.75) is 498 Å². The number of esters is 4. The van der Waals surface area contributed by atoms with Crippen LogP contribution in [0.5, 0.6) is 0 Å². The third kappa shape index (κ3) is 50.6. The molecule has 2 aliphatic heterocycles. The van der Waals surface area contributed by atoms with E-state index in [2.05, 4.69) is 64.2 Å². The van der Waals surface area contributed by atoms with Crippen molar-refractivity contribution in [2.24, 2.45) is 0 Å². The zero-order valence-electron chi connectivity index (χ0n) is 73.5. The summed E-state index contributed by atoms with van der Waals surface area (Å²) in [5.74, 6) is -2.99. The second-order valence-corrected chi connectivity index (χ2v) is 34.9. The van der Waals surface area contributed by atoms with Gasteiger partial charge in [-0.3, -0.25) is 28.2 Å². The van der Waals surface area contributed by atoms with Gasteiger partial charge in [0.15, 0.2) is 24.8 Å². The number of carbonyl (C=O) groups excluding carboxylic acids is 4. The lowest BCUT2D eigenvalue weighted by atomic mass is 9.84. The van der Waals surface area contributed by atoms with E-state index >= 15 is 0 Å². The largest absolute Gasteiger partial charge is 0.472 e. The summed E-state index contributed by atoms with van der Waals surface area (Å²) in [6, 6.07) is 0. The fraction of sp³-hybridized carbons (Fsp3) is 0.891. The molecule has 118 heavy (non-hydrogen) atoms. The fourth-order valence-corrected chi connectivity index (χ4v) is 16.3. The van der Waals surface area contributed by atoms with Crippen molar-refractivity contribution in [2.75, 3.05) is 26.4 Å². The third-order valence-electron chi connectivity index (χ3n) is 22.8. The van der Waals surface area contributed by atoms with Gasteiger partial charge in [0, 0.05) is 25.7 Å². The highest BCUT2D eigenvalue weighted by Crippen LogP contribution is 2.49. The van der Waals surface area contributed by atoms with E-state index < -0.39 is 162 Å². The maximum atomic E-state index is 14.9. The highest BCUT2D eigenvalue weighted by molar-refractivity contribution is 7.47. The number of hydrogen-bond donors (Lipinski definition) is 10. The SMILES string of the molecule is CCCCCC/C=C\CCCCCCCCCC(=O)OCC(COP(=O)(O)OC1C(OC2OC(CO)C(O)C(O)C2O)C(O)C(O)C(OC(=O)CCCCCCCCCCCCCCCCCC)C1OC1OC(COC(=O)CCCCCCCCC/C=C\CCCCCC)C(O)C(O)C1O)OC(=O)CCCCC/C=C\CCCCCCCC. The van der Waals surface area contributed by atoms with E-state index in [1.165, 1.54) is 141 Å². The van der Waals surface area contributed by atoms with Gasteiger partial charge in [-0.15, -0.1) is 0 Å². The van der Waals surface area contributed by atoms with Crippen molar-refractivity contribution in [3.63, 3.8) is 0 Å². The van der Waals surface area contributed by atoms with E-state index in [9.17, 15) is 74.6 Å². The van der Waals surface area contributed by atoms with Crippen LogP contribution in [0.3, 0.4) is 0 Å². The minimum Gasteiger partial charge on any atom is -0.463 e. The molecule has 1 saturated carbocycles. The van der Waals surface area contributed by atoms with Crippen molar-refractivity contribution in [1.29, 1.82) is 0 Å². The molecule has 0 bridgehead atoms. The lowest BCUT2D eigenvalue weighted by Gasteiger charge is -2.50. The number of carbonyl (C=O) groups is 4. The number of rotatable bonds is 76. The molecular formula is C92H167O25P. The number of hydrogen-bond acceptors (Lipinski definition) is 24. The Morgan fingerprint density at radius 2 is 0.636 bits per heavy atom. The normalized spacial score (nSPS) is 25.1. The first-order valence-electron chi connectivity index (χ1n) is 47.2. The molecule has 25 nitrogen and oxygen atoms in total. The van der Waals surface area contributed by atoms with E-state index in [4.69, 9.17) is 46.9 Å². The van der Waals surface area contributed by atoms with Gasteiger partial charge in [0.25, 0.3) is 0 Å². The predicted molar refractivity (Wildman–Crippen MR) is 458 cm³/mol. The molecule has 0 radical (unpaired) electrons. The molecule has 18 atom stereocenters. The third-order valence-corrected chi connectivity index (χ3v) is 23.8. The zero-order chi connectivity index (χ0) is 86.1. The Kier molecular flexibility index (Phi) is 65.4. The van der Waals surface area contributed by atoms with Crippen LogP contribution >= 0.6 is 7.82 Å². The van der Waals surface area contributed by atoms with Crippen molar-refractivity contribution in [3.8, 4) is 0 Å². The Hall–Kier alpha value is -3.31. The molecular weight excluding hydrogens is 1540 g/mol. The van der Waals surface area contributed by atoms with E-state index in [1.54, 1.807) is 0 Å². The molecule has 18 unspecified atom stereocenters. The molecule has 2 heterocycles. The summed E-state index contributed by atoms with van der Waals surface area (Å²) in [6.07, 6.45) is 32.7. The summed E-state index contributed by atoms with van der Waals surface area (Å²) in [5.41, 5.74) is 0. The van der Waals surface area contributed by atoms with Gasteiger partial charge in [0.05, 0.1) is 13.2 Å². The molecule has 2 saturated heterocycles. The van der Waals surface area contributed by atoms with Crippen LogP contribution in [0.1, 0.15) is 394 Å². The zero-order valence-corrected chi connectivity index (χ0v) is 74.4. The highest BCUT2D eigenvalue weighted by Gasteiger charge is 2.60. The average Bonchev–Trinajstić information content (AvgIpc) is 0.753. The molecule has 3 rings (SSSR count). The monoisotopic (exact) mass is 1700 g/mol. The molecule has 10 N–H and O–H groups in total. The van der Waals surface area contributed by atoms with Gasteiger partial charge in [-0.1, -0.05) is 302 Å². The van der Waals surface area contributed by atoms with Gasteiger partial charge in [-0.05, 0) is 103 Å². The molecule has 0 aromatic carbocycles. The molecule has 0 spiro atoms. The van der Waals surface area contributed by atoms with Crippen LogP contribution in [0.4, 0.5) is 0 Å². The topological polar surface area (TPSA) is 380 Å². The second-order valence-electron chi connectivity index (χ2n) is 33.5. The summed E-state index contributed by atoms with van der Waals surface area (Å²) >= 11 is 0. The first-order chi connectivity index (χ1) is 57.2. The number of phosphoric acid groups is 1. The summed E-state index contributed by atoms with van der Waals surface area (Å²) in [7, 11) is -5.81. The number of unbranched alkanes of at least 4 members (excludes halogenated alkanes) is 46. The predicted octanol–water partition coefficient (Wildman–Crippen LogP) is 17.5. The quantitative estimate of drug-likeness (QED) is 0.00889. The van der Waals surface area contributed by atoms with Crippen molar-refractivity contribution < 1.29 is 122 Å². The number of phosphoric ester groups is 1. The molecule has 0 amide bonds. The van der Waals surface area contributed by atoms with Gasteiger partial charge >= 0.3 is 31.7 Å². The minimum atomic E-state index is -5.81. The smallest absolute Gasteiger partial charge is 0.463 e. The van der Waals surface area contributed by atoms with Crippen LogP contribution in [-0.2, 0) is 70.7 Å². The minimum absolute atomic E-state index is 0.00818. The van der Waals surface area contributed by atoms with Crippen LogP contribution in [-0.4, -0.2) is 205 Å². The van der Waals surface area contributed by atoms with E-state index in [0.29, 0.717) is 38.5 Å². The van der Waals surface area contributed by atoms with Crippen molar-refractivity contribution >= 4 is 31.7 Å². The Morgan fingerprint density at radius 3 is 1.03 bits per heavy atom. The second kappa shape index (κ2) is 70.9. The molecule has 0 aromatic heterocycles. The fourth-order valence-electron chi connectivity index (χ4n) is 15.3. The maximum Gasteiger partial charge on any atom is 0.472 e. The standard InChI is InChI=1S/C92H167O25P/c1-5-9-13-17-21-25-29-33-36-39-43-47-51-55-59-63-67-78(97)114-87-83(102)84(103)88(115-91-85(104)81(100)79(98)73(68-93)112-91)90(89(87)116-92-86(105)82(101)80(99)74(113-92)71-109-76(95)65-61-57-53-49-45-42-38-35-31-27-23-19-15-11-7-3)117-118(106,107)110-70-72(111-77(96)66-62-58-54-50-46-40-32-28-24-20-16-12-8-4)69-108-75(94)64-60-56-52-48-44-41-37-34-30-26-22-18-14-10-6-2/h26-27,30-31,40,46,72-74,79-93,98-105H,5-25,28-29,32-39,41-45,47-71H2,1-4H3,(H,106,107)/b30-26-,31-27-,46-40-. The summed E-state index contributed by atoms with van der Waals surface area (Å²) in [5, 5.41) is 102. The van der Waals surface area contributed by atoms with Gasteiger partial charge in [0.1, 0.15) is 92.6 Å². The molecule has 3 fully saturated rings.